The normalized spacial score (nSPS) is 11.7. The van der Waals surface area contributed by atoms with Crippen LogP contribution in [0.2, 0.25) is 5.02 Å². The summed E-state index contributed by atoms with van der Waals surface area (Å²) >= 11 is 6.71. The molecule has 0 bridgehead atoms. The number of hydrogen-bond acceptors (Lipinski definition) is 5. The molecule has 4 rings (SSSR count). The van der Waals surface area contributed by atoms with Gasteiger partial charge in [0.15, 0.2) is 5.13 Å². The van der Waals surface area contributed by atoms with E-state index in [1.165, 1.54) is 30.1 Å². The number of hydrogen-bond donors (Lipinski definition) is 1. The lowest BCUT2D eigenvalue weighted by atomic mass is 10.1. The van der Waals surface area contributed by atoms with Crippen LogP contribution in [0.25, 0.3) is 22.2 Å². The number of carbonyl (C=O) groups excluding carboxylic acids is 1. The summed E-state index contributed by atoms with van der Waals surface area (Å²) in [6.45, 7) is 0. The summed E-state index contributed by atoms with van der Waals surface area (Å²) in [5, 5.41) is 4.14. The van der Waals surface area contributed by atoms with Gasteiger partial charge < -0.3 is 5.32 Å². The largest absolute Gasteiger partial charge is 0.417 e. The van der Waals surface area contributed by atoms with Crippen LogP contribution >= 0.6 is 22.9 Å². The number of nitrogens with one attached hydrogen (secondary N) is 1. The van der Waals surface area contributed by atoms with Gasteiger partial charge in [-0.25, -0.2) is 9.78 Å². The molecule has 0 saturated carbocycles. The molecule has 7 nitrogen and oxygen atoms in total. The number of thiazole rings is 1. The monoisotopic (exact) mass is 508 g/mol. The Hall–Kier alpha value is -3.44. The van der Waals surface area contributed by atoms with Crippen molar-refractivity contribution in [1.82, 2.24) is 14.1 Å². The first-order valence-corrected chi connectivity index (χ1v) is 11.0. The third-order valence-corrected chi connectivity index (χ3v) is 6.34. The van der Waals surface area contributed by atoms with E-state index in [9.17, 15) is 27.6 Å². The molecule has 1 N–H and O–H groups in total. The topological polar surface area (TPSA) is 86.0 Å². The lowest BCUT2D eigenvalue weighted by molar-refractivity contribution is -0.137. The molecule has 0 atom stereocenters. The lowest BCUT2D eigenvalue weighted by Gasteiger charge is -2.11. The number of halogens is 4. The maximum atomic E-state index is 13.1. The van der Waals surface area contributed by atoms with Crippen LogP contribution in [0.1, 0.15) is 11.1 Å². The van der Waals surface area contributed by atoms with E-state index in [-0.39, 0.29) is 28.2 Å². The summed E-state index contributed by atoms with van der Waals surface area (Å²) in [7, 11) is 2.89. The van der Waals surface area contributed by atoms with Gasteiger partial charge in [-0.15, -0.1) is 11.3 Å². The number of rotatable bonds is 4. The SMILES string of the molecule is Cn1c(=O)c2c(CC(=O)Nc3nc(-c4ccc(Cl)c(C(F)(F)F)c4)cs3)cccc2n(C)c1=O. The molecule has 0 aliphatic carbocycles. The highest BCUT2D eigenvalue weighted by Gasteiger charge is 2.33. The molecule has 1 amide bonds. The van der Waals surface area contributed by atoms with Crippen LogP contribution < -0.4 is 16.6 Å². The standard InChI is InChI=1S/C22H16ClF3N4O3S/c1-29-16-5-3-4-12(18(16)19(32)30(2)21(29)33)9-17(31)28-20-27-15(10-34-20)11-6-7-14(23)13(8-11)22(24,25)26/h3-8,10H,9H2,1-2H3,(H,27,28,31). The van der Waals surface area contributed by atoms with E-state index in [4.69, 9.17) is 11.6 Å². The Balaban J connectivity index is 1.59. The van der Waals surface area contributed by atoms with E-state index >= 15 is 0 Å². The van der Waals surface area contributed by atoms with E-state index in [2.05, 4.69) is 10.3 Å². The van der Waals surface area contributed by atoms with Crippen molar-refractivity contribution in [3.05, 3.63) is 78.8 Å². The van der Waals surface area contributed by atoms with Crippen molar-refractivity contribution < 1.29 is 18.0 Å². The Kier molecular flexibility index (Phi) is 6.09. The van der Waals surface area contributed by atoms with Crippen molar-refractivity contribution in [2.45, 2.75) is 12.6 Å². The highest BCUT2D eigenvalue weighted by atomic mass is 35.5. The van der Waals surface area contributed by atoms with Crippen molar-refractivity contribution in [1.29, 1.82) is 0 Å². The van der Waals surface area contributed by atoms with Crippen molar-refractivity contribution in [2.75, 3.05) is 5.32 Å². The molecule has 0 saturated heterocycles. The first-order valence-electron chi connectivity index (χ1n) is 9.77. The minimum Gasteiger partial charge on any atom is -0.302 e. The first kappa shape index (κ1) is 23.7. The zero-order valence-electron chi connectivity index (χ0n) is 17.7. The van der Waals surface area contributed by atoms with E-state index in [0.717, 1.165) is 28.0 Å². The molecule has 0 aliphatic rings. The molecule has 0 aliphatic heterocycles. The van der Waals surface area contributed by atoms with Gasteiger partial charge >= 0.3 is 11.9 Å². The summed E-state index contributed by atoms with van der Waals surface area (Å²) in [5.74, 6) is -0.476. The zero-order chi connectivity index (χ0) is 24.8. The number of carbonyl (C=O) groups is 1. The van der Waals surface area contributed by atoms with E-state index in [1.54, 1.807) is 18.2 Å². The van der Waals surface area contributed by atoms with Crippen LogP contribution in [0.5, 0.6) is 0 Å². The van der Waals surface area contributed by atoms with Gasteiger partial charge in [-0.2, -0.15) is 13.2 Å². The Morgan fingerprint density at radius 1 is 1.15 bits per heavy atom. The average molecular weight is 509 g/mol. The summed E-state index contributed by atoms with van der Waals surface area (Å²) < 4.78 is 41.7. The number of benzene rings is 2. The highest BCUT2D eigenvalue weighted by Crippen LogP contribution is 2.37. The maximum Gasteiger partial charge on any atom is 0.417 e. The van der Waals surface area contributed by atoms with E-state index in [1.807, 2.05) is 0 Å². The molecule has 4 aromatic rings. The molecule has 176 valence electrons. The van der Waals surface area contributed by atoms with Crippen molar-refractivity contribution in [3.63, 3.8) is 0 Å². The van der Waals surface area contributed by atoms with Gasteiger partial charge in [0.2, 0.25) is 5.91 Å². The van der Waals surface area contributed by atoms with Gasteiger partial charge in [0.1, 0.15) is 0 Å². The van der Waals surface area contributed by atoms with Crippen LogP contribution in [0, 0.1) is 0 Å². The summed E-state index contributed by atoms with van der Waals surface area (Å²) in [4.78, 5) is 41.7. The Morgan fingerprint density at radius 3 is 2.59 bits per heavy atom. The molecular formula is C22H16ClF3N4O3S. The van der Waals surface area contributed by atoms with Crippen LogP contribution in [0.15, 0.2) is 51.4 Å². The fourth-order valence-electron chi connectivity index (χ4n) is 3.54. The summed E-state index contributed by atoms with van der Waals surface area (Å²) in [6, 6.07) is 8.34. The lowest BCUT2D eigenvalue weighted by Crippen LogP contribution is -2.37. The second-order valence-corrected chi connectivity index (χ2v) is 8.74. The summed E-state index contributed by atoms with van der Waals surface area (Å²) in [6.07, 6.45) is -4.78. The van der Waals surface area contributed by atoms with Crippen LogP contribution in [-0.2, 0) is 31.5 Å². The number of amides is 1. The quantitative estimate of drug-likeness (QED) is 0.447. The first-order chi connectivity index (χ1) is 16.0. The second-order valence-electron chi connectivity index (χ2n) is 7.47. The molecule has 2 aromatic heterocycles. The van der Waals surface area contributed by atoms with E-state index < -0.39 is 33.9 Å². The number of nitrogens with zero attached hydrogens (tertiary/aromatic N) is 3. The Bertz CT molecular complexity index is 1560. The van der Waals surface area contributed by atoms with E-state index in [0.29, 0.717) is 11.1 Å². The molecule has 34 heavy (non-hydrogen) atoms. The number of anilines is 1. The van der Waals surface area contributed by atoms with Gasteiger partial charge in [-0.1, -0.05) is 29.8 Å². The number of aromatic nitrogens is 3. The molecule has 0 fully saturated rings. The van der Waals surface area contributed by atoms with Gasteiger partial charge in [0.25, 0.3) is 5.56 Å². The smallest absolute Gasteiger partial charge is 0.302 e. The molecule has 2 aromatic carbocycles. The number of fused-ring (bicyclic) bond motifs is 1. The van der Waals surface area contributed by atoms with Crippen molar-refractivity contribution in [3.8, 4) is 11.3 Å². The van der Waals surface area contributed by atoms with Gasteiger partial charge in [-0.3, -0.25) is 18.7 Å². The van der Waals surface area contributed by atoms with Gasteiger partial charge in [0.05, 0.1) is 33.6 Å². The fourth-order valence-corrected chi connectivity index (χ4v) is 4.51. The molecule has 12 heteroatoms. The summed E-state index contributed by atoms with van der Waals surface area (Å²) in [5.41, 5.74) is -0.694. The average Bonchev–Trinajstić information content (AvgIpc) is 3.23. The number of alkyl halides is 3. The van der Waals surface area contributed by atoms with Gasteiger partial charge in [0, 0.05) is 25.0 Å². The molecular weight excluding hydrogens is 493 g/mol. The number of aryl methyl sites for hydroxylation is 1. The zero-order valence-corrected chi connectivity index (χ0v) is 19.3. The van der Waals surface area contributed by atoms with Crippen LogP contribution in [0.4, 0.5) is 18.3 Å². The minimum absolute atomic E-state index is 0.168. The minimum atomic E-state index is -4.61. The van der Waals surface area contributed by atoms with Crippen LogP contribution in [-0.4, -0.2) is 20.0 Å². The molecule has 0 radical (unpaired) electrons. The molecule has 2 heterocycles. The third kappa shape index (κ3) is 4.36. The predicted octanol–water partition coefficient (Wildman–Crippen LogP) is 4.21. The van der Waals surface area contributed by atoms with Gasteiger partial charge in [-0.05, 0) is 23.8 Å². The third-order valence-electron chi connectivity index (χ3n) is 5.25. The molecule has 0 spiro atoms. The predicted molar refractivity (Wildman–Crippen MR) is 124 cm³/mol. The highest BCUT2D eigenvalue weighted by molar-refractivity contribution is 7.14. The van der Waals surface area contributed by atoms with Crippen LogP contribution in [0.3, 0.4) is 0 Å². The van der Waals surface area contributed by atoms with Crippen molar-refractivity contribution in [2.24, 2.45) is 14.1 Å². The Labute approximate surface area is 199 Å². The maximum absolute atomic E-state index is 13.1. The fraction of sp³-hybridized carbons (Fsp3) is 0.182. The second kappa shape index (κ2) is 8.73. The molecule has 0 unspecified atom stereocenters. The van der Waals surface area contributed by atoms with Crippen molar-refractivity contribution >= 4 is 44.9 Å². The Morgan fingerprint density at radius 2 is 1.88 bits per heavy atom.